The Morgan fingerprint density at radius 1 is 1.16 bits per heavy atom. The Labute approximate surface area is 148 Å². The zero-order valence-corrected chi connectivity index (χ0v) is 14.9. The second-order valence-corrected chi connectivity index (χ2v) is 6.66. The number of rotatable bonds is 5. The molecule has 1 aromatic carbocycles. The molecule has 25 heavy (non-hydrogen) atoms. The molecule has 0 spiro atoms. The van der Waals surface area contributed by atoms with Gasteiger partial charge in [-0.05, 0) is 43.9 Å². The maximum atomic E-state index is 12.7. The summed E-state index contributed by atoms with van der Waals surface area (Å²) in [6.07, 6.45) is 3.32. The van der Waals surface area contributed by atoms with Crippen molar-refractivity contribution in [2.45, 2.75) is 45.6 Å². The number of fused-ring (bicyclic) bond motifs is 1. The van der Waals surface area contributed by atoms with Gasteiger partial charge in [0.2, 0.25) is 12.7 Å². The molecule has 6 nitrogen and oxygen atoms in total. The normalized spacial score (nSPS) is 17.0. The smallest absolute Gasteiger partial charge is 0.253 e. The molecule has 2 aliphatic heterocycles. The summed E-state index contributed by atoms with van der Waals surface area (Å²) in [4.78, 5) is 26.7. The molecule has 0 atom stereocenters. The third kappa shape index (κ3) is 3.89. The fraction of sp³-hybridized carbons (Fsp3) is 0.579. The highest BCUT2D eigenvalue weighted by Gasteiger charge is 2.27. The molecule has 0 unspecified atom stereocenters. The van der Waals surface area contributed by atoms with Crippen LogP contribution in [0.5, 0.6) is 11.5 Å². The molecule has 0 saturated carbocycles. The summed E-state index contributed by atoms with van der Waals surface area (Å²) in [5, 5.41) is 3.14. The molecule has 0 radical (unpaired) electrons. The van der Waals surface area contributed by atoms with Crippen LogP contribution in [0.3, 0.4) is 0 Å². The van der Waals surface area contributed by atoms with Crippen LogP contribution in [0.1, 0.15) is 49.9 Å². The molecule has 2 aliphatic rings. The van der Waals surface area contributed by atoms with E-state index >= 15 is 0 Å². The van der Waals surface area contributed by atoms with Crippen molar-refractivity contribution in [1.82, 2.24) is 10.2 Å². The van der Waals surface area contributed by atoms with Crippen LogP contribution in [0.4, 0.5) is 0 Å². The minimum Gasteiger partial charge on any atom is -0.454 e. The van der Waals surface area contributed by atoms with Crippen molar-refractivity contribution in [1.29, 1.82) is 0 Å². The molecular formula is C19H26N2O4. The number of hydrogen-bond donors (Lipinski definition) is 1. The molecule has 3 rings (SSSR count). The third-order valence-electron chi connectivity index (χ3n) is 5.10. The van der Waals surface area contributed by atoms with Crippen LogP contribution in [0.15, 0.2) is 18.2 Å². The van der Waals surface area contributed by atoms with E-state index in [4.69, 9.17) is 9.47 Å². The summed E-state index contributed by atoms with van der Waals surface area (Å²) in [6, 6.07) is 5.45. The number of ether oxygens (including phenoxy) is 2. The third-order valence-corrected chi connectivity index (χ3v) is 5.10. The van der Waals surface area contributed by atoms with E-state index in [-0.39, 0.29) is 30.6 Å². The lowest BCUT2D eigenvalue weighted by molar-refractivity contribution is -0.126. The SMILES string of the molecule is CCC(CC)C(=O)NC1CCN(C(=O)c2ccc3c(c2)OCO3)CC1. The first kappa shape index (κ1) is 17.6. The van der Waals surface area contributed by atoms with E-state index in [0.29, 0.717) is 30.2 Å². The fourth-order valence-electron chi connectivity index (χ4n) is 3.42. The fourth-order valence-corrected chi connectivity index (χ4v) is 3.42. The Balaban J connectivity index is 1.53. The van der Waals surface area contributed by atoms with Gasteiger partial charge in [0.25, 0.3) is 5.91 Å². The van der Waals surface area contributed by atoms with Crippen molar-refractivity contribution >= 4 is 11.8 Å². The molecule has 0 aliphatic carbocycles. The maximum absolute atomic E-state index is 12.7. The van der Waals surface area contributed by atoms with Gasteiger partial charge in [-0.25, -0.2) is 0 Å². The molecule has 1 fully saturated rings. The lowest BCUT2D eigenvalue weighted by Gasteiger charge is -2.33. The largest absolute Gasteiger partial charge is 0.454 e. The van der Waals surface area contributed by atoms with Crippen LogP contribution in [0.2, 0.25) is 0 Å². The van der Waals surface area contributed by atoms with E-state index in [0.717, 1.165) is 25.7 Å². The summed E-state index contributed by atoms with van der Waals surface area (Å²) in [5.41, 5.74) is 0.615. The number of nitrogens with one attached hydrogen (secondary N) is 1. The monoisotopic (exact) mass is 346 g/mol. The van der Waals surface area contributed by atoms with Gasteiger partial charge >= 0.3 is 0 Å². The van der Waals surface area contributed by atoms with E-state index in [1.165, 1.54) is 0 Å². The first-order valence-corrected chi connectivity index (χ1v) is 9.11. The van der Waals surface area contributed by atoms with Crippen LogP contribution < -0.4 is 14.8 Å². The van der Waals surface area contributed by atoms with E-state index in [1.54, 1.807) is 18.2 Å². The van der Waals surface area contributed by atoms with Gasteiger partial charge < -0.3 is 19.7 Å². The van der Waals surface area contributed by atoms with Gasteiger partial charge in [0.15, 0.2) is 11.5 Å². The summed E-state index contributed by atoms with van der Waals surface area (Å²) < 4.78 is 10.6. The van der Waals surface area contributed by atoms with Crippen molar-refractivity contribution in [3.63, 3.8) is 0 Å². The van der Waals surface area contributed by atoms with Gasteiger partial charge in [0.05, 0.1) is 0 Å². The predicted octanol–water partition coefficient (Wildman–Crippen LogP) is 2.57. The number of benzene rings is 1. The Hall–Kier alpha value is -2.24. The molecule has 136 valence electrons. The molecule has 2 amide bonds. The Kier molecular flexibility index (Phi) is 5.46. The van der Waals surface area contributed by atoms with E-state index < -0.39 is 0 Å². The zero-order valence-electron chi connectivity index (χ0n) is 14.9. The summed E-state index contributed by atoms with van der Waals surface area (Å²) in [7, 11) is 0. The molecule has 6 heteroatoms. The van der Waals surface area contributed by atoms with Gasteiger partial charge in [-0.1, -0.05) is 13.8 Å². The highest BCUT2D eigenvalue weighted by molar-refractivity contribution is 5.95. The standard InChI is InChI=1S/C19H26N2O4/c1-3-13(4-2)18(22)20-15-7-9-21(10-8-15)19(23)14-5-6-16-17(11-14)25-12-24-16/h5-6,11,13,15H,3-4,7-10,12H2,1-2H3,(H,20,22). The minimum absolute atomic E-state index is 0.00284. The van der Waals surface area contributed by atoms with Crippen LogP contribution in [0.25, 0.3) is 0 Å². The first-order valence-electron chi connectivity index (χ1n) is 9.11. The van der Waals surface area contributed by atoms with Crippen molar-refractivity contribution in [3.05, 3.63) is 23.8 Å². The lowest BCUT2D eigenvalue weighted by Crippen LogP contribution is -2.47. The van der Waals surface area contributed by atoms with E-state index in [9.17, 15) is 9.59 Å². The minimum atomic E-state index is 0.00284. The molecule has 2 heterocycles. The van der Waals surface area contributed by atoms with Crippen molar-refractivity contribution < 1.29 is 19.1 Å². The Bertz CT molecular complexity index is 634. The second kappa shape index (κ2) is 7.76. The zero-order chi connectivity index (χ0) is 17.8. The summed E-state index contributed by atoms with van der Waals surface area (Å²) >= 11 is 0. The van der Waals surface area contributed by atoms with Crippen molar-refractivity contribution in [3.8, 4) is 11.5 Å². The average molecular weight is 346 g/mol. The predicted molar refractivity (Wildman–Crippen MR) is 93.7 cm³/mol. The molecule has 1 saturated heterocycles. The maximum Gasteiger partial charge on any atom is 0.253 e. The van der Waals surface area contributed by atoms with Crippen LogP contribution in [-0.4, -0.2) is 42.6 Å². The van der Waals surface area contributed by atoms with E-state index in [2.05, 4.69) is 5.32 Å². The van der Waals surface area contributed by atoms with Gasteiger partial charge in [-0.15, -0.1) is 0 Å². The summed E-state index contributed by atoms with van der Waals surface area (Å²) in [5.74, 6) is 1.54. The van der Waals surface area contributed by atoms with Crippen LogP contribution >= 0.6 is 0 Å². The van der Waals surface area contributed by atoms with E-state index in [1.807, 2.05) is 18.7 Å². The highest BCUT2D eigenvalue weighted by Crippen LogP contribution is 2.33. The summed E-state index contributed by atoms with van der Waals surface area (Å²) in [6.45, 7) is 5.59. The number of carbonyl (C=O) groups is 2. The molecular weight excluding hydrogens is 320 g/mol. The second-order valence-electron chi connectivity index (χ2n) is 6.66. The highest BCUT2D eigenvalue weighted by atomic mass is 16.7. The number of piperidine rings is 1. The number of hydrogen-bond acceptors (Lipinski definition) is 4. The topological polar surface area (TPSA) is 67.9 Å². The lowest BCUT2D eigenvalue weighted by atomic mass is 9.99. The molecule has 0 bridgehead atoms. The van der Waals surface area contributed by atoms with Crippen LogP contribution in [-0.2, 0) is 4.79 Å². The average Bonchev–Trinajstić information content (AvgIpc) is 3.10. The number of amides is 2. The van der Waals surface area contributed by atoms with Crippen molar-refractivity contribution in [2.24, 2.45) is 5.92 Å². The number of likely N-dealkylation sites (tertiary alicyclic amines) is 1. The Morgan fingerprint density at radius 3 is 2.52 bits per heavy atom. The van der Waals surface area contributed by atoms with Gasteiger partial charge in [-0.2, -0.15) is 0 Å². The number of nitrogens with zero attached hydrogens (tertiary/aromatic N) is 1. The first-order chi connectivity index (χ1) is 12.1. The van der Waals surface area contributed by atoms with Gasteiger partial charge in [0, 0.05) is 30.6 Å². The number of carbonyl (C=O) groups excluding carboxylic acids is 2. The Morgan fingerprint density at radius 2 is 1.84 bits per heavy atom. The quantitative estimate of drug-likeness (QED) is 0.890. The molecule has 1 aromatic rings. The molecule has 1 N–H and O–H groups in total. The van der Waals surface area contributed by atoms with Crippen LogP contribution in [0, 0.1) is 5.92 Å². The van der Waals surface area contributed by atoms with Crippen molar-refractivity contribution in [2.75, 3.05) is 19.9 Å². The molecule has 0 aromatic heterocycles. The van der Waals surface area contributed by atoms with Gasteiger partial charge in [-0.3, -0.25) is 9.59 Å². The van der Waals surface area contributed by atoms with Gasteiger partial charge in [0.1, 0.15) is 0 Å².